The molecular weight excluding hydrogens is 418 g/mol. The second-order valence-electron chi connectivity index (χ2n) is 7.95. The van der Waals surface area contributed by atoms with Gasteiger partial charge in [-0.1, -0.05) is 12.1 Å². The second kappa shape index (κ2) is 7.76. The normalized spacial score (nSPS) is 19.9. The first kappa shape index (κ1) is 19.7. The van der Waals surface area contributed by atoms with Gasteiger partial charge in [0.25, 0.3) is 5.91 Å². The topological polar surface area (TPSA) is 79.4 Å². The molecule has 156 valence electrons. The number of thiazole rings is 1. The summed E-state index contributed by atoms with van der Waals surface area (Å²) in [5.74, 6) is -0.0712. The van der Waals surface area contributed by atoms with Gasteiger partial charge in [-0.05, 0) is 68.5 Å². The zero-order valence-corrected chi connectivity index (χ0v) is 18.1. The maximum atomic E-state index is 13.3. The van der Waals surface area contributed by atoms with Crippen molar-refractivity contribution in [3.8, 4) is 0 Å². The van der Waals surface area contributed by atoms with E-state index in [4.69, 9.17) is 4.98 Å². The second-order valence-corrected chi connectivity index (χ2v) is 10.7. The third-order valence-corrected chi connectivity index (χ3v) is 8.34. The fourth-order valence-corrected chi connectivity index (χ4v) is 6.32. The number of benzene rings is 2. The van der Waals surface area contributed by atoms with Crippen LogP contribution < -0.4 is 4.72 Å². The van der Waals surface area contributed by atoms with E-state index in [1.165, 1.54) is 12.1 Å². The molecule has 1 aliphatic heterocycles. The summed E-state index contributed by atoms with van der Waals surface area (Å²) in [6.07, 6.45) is 4.69. The molecule has 1 amide bonds. The molecule has 5 rings (SSSR count). The number of hydrogen-bond donors (Lipinski definition) is 1. The van der Waals surface area contributed by atoms with E-state index in [-0.39, 0.29) is 22.9 Å². The number of aromatic nitrogens is 1. The molecule has 1 aliphatic carbocycles. The predicted octanol–water partition coefficient (Wildman–Crippen LogP) is 4.10. The number of amides is 1. The van der Waals surface area contributed by atoms with Crippen LogP contribution in [0.3, 0.4) is 0 Å². The van der Waals surface area contributed by atoms with Gasteiger partial charge in [0.1, 0.15) is 5.01 Å². The third kappa shape index (κ3) is 3.87. The predicted molar refractivity (Wildman–Crippen MR) is 117 cm³/mol. The molecule has 1 N–H and O–H groups in total. The monoisotopic (exact) mass is 441 g/mol. The van der Waals surface area contributed by atoms with Gasteiger partial charge in [-0.25, -0.2) is 18.1 Å². The summed E-state index contributed by atoms with van der Waals surface area (Å²) in [7, 11) is -3.52. The Kier molecular flexibility index (Phi) is 5.08. The van der Waals surface area contributed by atoms with Gasteiger partial charge < -0.3 is 4.90 Å². The van der Waals surface area contributed by atoms with Crippen LogP contribution in [0.15, 0.2) is 53.4 Å². The Balaban J connectivity index is 1.39. The van der Waals surface area contributed by atoms with E-state index in [2.05, 4.69) is 10.8 Å². The lowest BCUT2D eigenvalue weighted by atomic mass is 10.0. The maximum absolute atomic E-state index is 13.3. The van der Waals surface area contributed by atoms with Crippen molar-refractivity contribution in [3.05, 3.63) is 59.1 Å². The highest BCUT2D eigenvalue weighted by Crippen LogP contribution is 2.36. The number of nitrogens with zero attached hydrogens (tertiary/aromatic N) is 2. The van der Waals surface area contributed by atoms with Crippen molar-refractivity contribution in [2.45, 2.75) is 49.1 Å². The van der Waals surface area contributed by atoms with Crippen LogP contribution in [0.25, 0.3) is 10.2 Å². The van der Waals surface area contributed by atoms with Crippen molar-refractivity contribution in [2.75, 3.05) is 6.54 Å². The summed E-state index contributed by atoms with van der Waals surface area (Å²) in [5.41, 5.74) is 1.47. The first-order valence-electron chi connectivity index (χ1n) is 10.3. The van der Waals surface area contributed by atoms with Gasteiger partial charge >= 0.3 is 0 Å². The summed E-state index contributed by atoms with van der Waals surface area (Å²) in [6.45, 7) is 0.683. The number of sulfonamides is 1. The summed E-state index contributed by atoms with van der Waals surface area (Å²) in [4.78, 5) is 20.2. The van der Waals surface area contributed by atoms with Crippen molar-refractivity contribution in [1.82, 2.24) is 14.6 Å². The van der Waals surface area contributed by atoms with Crippen LogP contribution in [-0.4, -0.2) is 36.8 Å². The number of rotatable bonds is 5. The van der Waals surface area contributed by atoms with Crippen LogP contribution in [0, 0.1) is 0 Å². The third-order valence-electron chi connectivity index (χ3n) is 5.67. The van der Waals surface area contributed by atoms with E-state index in [9.17, 15) is 13.2 Å². The van der Waals surface area contributed by atoms with Crippen molar-refractivity contribution in [2.24, 2.45) is 0 Å². The quantitative estimate of drug-likeness (QED) is 0.646. The molecule has 1 atom stereocenters. The first-order valence-corrected chi connectivity index (χ1v) is 12.6. The lowest BCUT2D eigenvalue weighted by Gasteiger charge is -2.34. The average Bonchev–Trinajstić information content (AvgIpc) is 3.46. The number of likely N-dealkylation sites (tertiary alicyclic amines) is 1. The van der Waals surface area contributed by atoms with Gasteiger partial charge in [0.05, 0.1) is 21.2 Å². The van der Waals surface area contributed by atoms with Crippen LogP contribution in [0.5, 0.6) is 0 Å². The number of carbonyl (C=O) groups excluding carboxylic acids is 1. The highest BCUT2D eigenvalue weighted by atomic mass is 32.2. The van der Waals surface area contributed by atoms with Gasteiger partial charge in [-0.3, -0.25) is 4.79 Å². The molecular formula is C22H23N3O3S2. The molecule has 3 aromatic rings. The Bertz CT molecular complexity index is 1150. The molecule has 6 nitrogen and oxygen atoms in total. The van der Waals surface area contributed by atoms with Crippen LogP contribution in [0.1, 0.15) is 53.5 Å². The smallest absolute Gasteiger partial charge is 0.254 e. The van der Waals surface area contributed by atoms with Crippen LogP contribution in [0.4, 0.5) is 0 Å². The van der Waals surface area contributed by atoms with Gasteiger partial charge in [-0.15, -0.1) is 11.3 Å². The Morgan fingerprint density at radius 2 is 1.80 bits per heavy atom. The van der Waals surface area contributed by atoms with E-state index in [0.29, 0.717) is 12.1 Å². The largest absolute Gasteiger partial charge is 0.329 e. The molecule has 8 heteroatoms. The highest BCUT2D eigenvalue weighted by Gasteiger charge is 2.32. The molecule has 2 aromatic carbocycles. The fourth-order valence-electron chi connectivity index (χ4n) is 3.90. The Morgan fingerprint density at radius 3 is 2.53 bits per heavy atom. The van der Waals surface area contributed by atoms with E-state index in [1.54, 1.807) is 23.5 Å². The summed E-state index contributed by atoms with van der Waals surface area (Å²) >= 11 is 1.64. The minimum atomic E-state index is -3.52. The lowest BCUT2D eigenvalue weighted by Crippen LogP contribution is -2.38. The molecule has 1 saturated heterocycles. The number of para-hydroxylation sites is 1. The molecule has 30 heavy (non-hydrogen) atoms. The lowest BCUT2D eigenvalue weighted by molar-refractivity contribution is 0.0611. The maximum Gasteiger partial charge on any atom is 0.254 e. The Labute approximate surface area is 180 Å². The van der Waals surface area contributed by atoms with Crippen molar-refractivity contribution >= 4 is 37.5 Å². The molecule has 2 heterocycles. The van der Waals surface area contributed by atoms with Gasteiger partial charge in [0.2, 0.25) is 10.0 Å². The zero-order valence-electron chi connectivity index (χ0n) is 16.5. The summed E-state index contributed by atoms with van der Waals surface area (Å²) in [5, 5.41) is 0.970. The van der Waals surface area contributed by atoms with Crippen molar-refractivity contribution < 1.29 is 13.2 Å². The van der Waals surface area contributed by atoms with E-state index in [0.717, 1.165) is 47.3 Å². The number of carbonyl (C=O) groups is 1. The minimum Gasteiger partial charge on any atom is -0.329 e. The van der Waals surface area contributed by atoms with Crippen LogP contribution in [0.2, 0.25) is 0 Å². The van der Waals surface area contributed by atoms with E-state index < -0.39 is 10.0 Å². The SMILES string of the molecule is O=C(c1ccc(S(=O)(=O)NC2CC2)cc1)N1CCCCC1c1nc2ccccc2s1. The molecule has 0 spiro atoms. The average molecular weight is 442 g/mol. The van der Waals surface area contributed by atoms with E-state index >= 15 is 0 Å². The number of nitrogens with one attached hydrogen (secondary N) is 1. The van der Waals surface area contributed by atoms with Crippen LogP contribution in [-0.2, 0) is 10.0 Å². The Hall–Kier alpha value is -2.29. The standard InChI is InChI=1S/C22H23N3O3S2/c26-22(15-8-12-17(13-9-15)30(27,28)24-16-10-11-16)25-14-4-3-6-19(25)21-23-18-5-1-2-7-20(18)29-21/h1-2,5,7-9,12-13,16,19,24H,3-4,6,10-11,14H2. The molecule has 0 radical (unpaired) electrons. The summed E-state index contributed by atoms with van der Waals surface area (Å²) < 4.78 is 28.5. The van der Waals surface area contributed by atoms with Gasteiger partial charge in [0.15, 0.2) is 0 Å². The van der Waals surface area contributed by atoms with E-state index in [1.807, 2.05) is 23.1 Å². The molecule has 2 aliphatic rings. The Morgan fingerprint density at radius 1 is 1.03 bits per heavy atom. The van der Waals surface area contributed by atoms with Crippen LogP contribution >= 0.6 is 11.3 Å². The zero-order chi connectivity index (χ0) is 20.7. The molecule has 1 aromatic heterocycles. The summed E-state index contributed by atoms with van der Waals surface area (Å²) in [6, 6.07) is 14.3. The number of piperidine rings is 1. The molecule has 1 saturated carbocycles. The van der Waals surface area contributed by atoms with Crippen molar-refractivity contribution in [1.29, 1.82) is 0 Å². The van der Waals surface area contributed by atoms with Crippen molar-refractivity contribution in [3.63, 3.8) is 0 Å². The van der Waals surface area contributed by atoms with Gasteiger partial charge in [0, 0.05) is 18.2 Å². The van der Waals surface area contributed by atoms with Gasteiger partial charge in [-0.2, -0.15) is 0 Å². The first-order chi connectivity index (χ1) is 14.5. The number of hydrogen-bond acceptors (Lipinski definition) is 5. The molecule has 0 bridgehead atoms. The highest BCUT2D eigenvalue weighted by molar-refractivity contribution is 7.89. The molecule has 1 unspecified atom stereocenters. The number of fused-ring (bicyclic) bond motifs is 1. The molecule has 2 fully saturated rings. The minimum absolute atomic E-state index is 0.0383. The fraction of sp³-hybridized carbons (Fsp3) is 0.364.